The molecule has 0 bridgehead atoms. The minimum absolute atomic E-state index is 0.144. The number of fused-ring (bicyclic) bond motifs is 3. The number of carbonyl (C=O) groups excluding carboxylic acids is 1. The molecule has 0 aromatic heterocycles. The second kappa shape index (κ2) is 6.57. The van der Waals surface area contributed by atoms with E-state index < -0.39 is 0 Å². The summed E-state index contributed by atoms with van der Waals surface area (Å²) in [6, 6.07) is 5.78. The maximum atomic E-state index is 13.1. The van der Waals surface area contributed by atoms with Crippen LogP contribution in [0.15, 0.2) is 27.1 Å². The lowest BCUT2D eigenvalue weighted by molar-refractivity contribution is 0.0629. The van der Waals surface area contributed by atoms with Crippen molar-refractivity contribution in [2.24, 2.45) is 5.92 Å². The van der Waals surface area contributed by atoms with Gasteiger partial charge in [-0.3, -0.25) is 4.79 Å². The smallest absolute Gasteiger partial charge is 0.173 e. The predicted octanol–water partition coefficient (Wildman–Crippen LogP) is 4.90. The number of hydrogen-bond donors (Lipinski definition) is 0. The monoisotopic (exact) mass is 480 g/mol. The van der Waals surface area contributed by atoms with Crippen LogP contribution in [0.1, 0.15) is 27.0 Å². The van der Waals surface area contributed by atoms with Gasteiger partial charge in [-0.2, -0.15) is 0 Å². The molecule has 4 rings (SSSR count). The Hall–Kier alpha value is -1.53. The molecule has 136 valence electrons. The van der Waals surface area contributed by atoms with Crippen LogP contribution in [0.4, 0.5) is 0 Å². The molecular formula is C20H18Br2O4. The molecule has 1 aliphatic carbocycles. The Kier molecular flexibility index (Phi) is 4.51. The van der Waals surface area contributed by atoms with Crippen molar-refractivity contribution in [2.45, 2.75) is 25.9 Å². The number of Topliss-reactive ketones (excluding diaryl/α,β-unsaturated/α-hetero) is 1. The first kappa shape index (κ1) is 17.9. The van der Waals surface area contributed by atoms with Gasteiger partial charge in [-0.05, 0) is 57.3 Å². The number of methoxy groups -OCH3 is 2. The van der Waals surface area contributed by atoms with E-state index in [-0.39, 0.29) is 17.8 Å². The molecule has 0 fully saturated rings. The molecule has 0 amide bonds. The highest BCUT2D eigenvalue weighted by Gasteiger charge is 2.43. The zero-order chi connectivity index (χ0) is 18.6. The molecule has 2 aromatic rings. The van der Waals surface area contributed by atoms with Crippen LogP contribution < -0.4 is 14.2 Å². The summed E-state index contributed by atoms with van der Waals surface area (Å²) in [5.41, 5.74) is 3.77. The first-order chi connectivity index (χ1) is 12.5. The maximum absolute atomic E-state index is 13.1. The first-order valence-electron chi connectivity index (χ1n) is 8.38. The van der Waals surface area contributed by atoms with Crippen LogP contribution in [-0.4, -0.2) is 26.1 Å². The Morgan fingerprint density at radius 3 is 2.27 bits per heavy atom. The summed E-state index contributed by atoms with van der Waals surface area (Å²) < 4.78 is 19.1. The van der Waals surface area contributed by atoms with E-state index in [1.807, 2.05) is 25.1 Å². The van der Waals surface area contributed by atoms with E-state index in [9.17, 15) is 4.79 Å². The molecular weight excluding hydrogens is 464 g/mol. The van der Waals surface area contributed by atoms with Gasteiger partial charge >= 0.3 is 0 Å². The third-order valence-electron chi connectivity index (χ3n) is 5.21. The van der Waals surface area contributed by atoms with E-state index in [1.54, 1.807) is 14.2 Å². The van der Waals surface area contributed by atoms with Crippen LogP contribution in [0.2, 0.25) is 0 Å². The van der Waals surface area contributed by atoms with E-state index in [0.29, 0.717) is 24.2 Å². The highest BCUT2D eigenvalue weighted by Crippen LogP contribution is 2.50. The van der Waals surface area contributed by atoms with Gasteiger partial charge in [-0.15, -0.1) is 0 Å². The van der Waals surface area contributed by atoms with Crippen molar-refractivity contribution in [3.05, 3.63) is 49.4 Å². The lowest BCUT2D eigenvalue weighted by Gasteiger charge is -2.38. The average Bonchev–Trinajstić information content (AvgIpc) is 2.63. The molecule has 2 aliphatic rings. The molecule has 1 heterocycles. The van der Waals surface area contributed by atoms with Crippen LogP contribution in [0.5, 0.6) is 17.2 Å². The van der Waals surface area contributed by atoms with Gasteiger partial charge in [-0.1, -0.05) is 11.6 Å². The molecule has 4 nitrogen and oxygen atoms in total. The number of benzene rings is 2. The van der Waals surface area contributed by atoms with E-state index in [0.717, 1.165) is 37.1 Å². The van der Waals surface area contributed by atoms with Crippen molar-refractivity contribution in [2.75, 3.05) is 14.2 Å². The maximum Gasteiger partial charge on any atom is 0.173 e. The Morgan fingerprint density at radius 2 is 1.65 bits per heavy atom. The largest absolute Gasteiger partial charge is 0.495 e. The number of carbonyl (C=O) groups is 1. The molecule has 2 aromatic carbocycles. The van der Waals surface area contributed by atoms with Crippen LogP contribution in [0, 0.1) is 12.8 Å². The van der Waals surface area contributed by atoms with Crippen LogP contribution in [-0.2, 0) is 12.8 Å². The molecule has 2 atom stereocenters. The standard InChI is InChI=1S/C20H18Br2O4/c1-9-4-5-14-12(6-9)18(23)13-7-10-11(8-15(13)26-14)20(25-3)17(22)16(21)19(10)24-2/h4-6,13,15H,7-8H2,1-3H3/t13-,15-/m1/s1. The number of hydrogen-bond acceptors (Lipinski definition) is 4. The summed E-state index contributed by atoms with van der Waals surface area (Å²) in [6.45, 7) is 1.98. The number of aryl methyl sites for hydroxylation is 1. The highest BCUT2D eigenvalue weighted by molar-refractivity contribution is 9.13. The second-order valence-electron chi connectivity index (χ2n) is 6.69. The fourth-order valence-corrected chi connectivity index (χ4v) is 5.14. The van der Waals surface area contributed by atoms with Crippen molar-refractivity contribution in [1.29, 1.82) is 0 Å². The van der Waals surface area contributed by atoms with Gasteiger partial charge in [0.05, 0.1) is 34.6 Å². The number of rotatable bonds is 2. The van der Waals surface area contributed by atoms with Gasteiger partial charge in [0.15, 0.2) is 5.78 Å². The third kappa shape index (κ3) is 2.57. The molecule has 6 heteroatoms. The van der Waals surface area contributed by atoms with Crippen molar-refractivity contribution in [3.8, 4) is 17.2 Å². The lowest BCUT2D eigenvalue weighted by Crippen LogP contribution is -2.43. The Bertz CT molecular complexity index is 923. The molecule has 0 saturated heterocycles. The van der Waals surface area contributed by atoms with Gasteiger partial charge in [-0.25, -0.2) is 0 Å². The Labute approximate surface area is 169 Å². The average molecular weight is 482 g/mol. The molecule has 0 saturated carbocycles. The third-order valence-corrected chi connectivity index (χ3v) is 7.25. The van der Waals surface area contributed by atoms with Crippen LogP contribution >= 0.6 is 31.9 Å². The fraction of sp³-hybridized carbons (Fsp3) is 0.350. The summed E-state index contributed by atoms with van der Waals surface area (Å²) in [5, 5.41) is 0. The topological polar surface area (TPSA) is 44.8 Å². The zero-order valence-electron chi connectivity index (χ0n) is 14.7. The number of ketones is 1. The van der Waals surface area contributed by atoms with E-state index in [4.69, 9.17) is 14.2 Å². The molecule has 0 spiro atoms. The summed E-state index contributed by atoms with van der Waals surface area (Å²) in [6.07, 6.45) is 0.971. The van der Waals surface area contributed by atoms with Gasteiger partial charge < -0.3 is 14.2 Å². The van der Waals surface area contributed by atoms with E-state index in [2.05, 4.69) is 31.9 Å². The molecule has 1 aliphatic heterocycles. The first-order valence-corrected chi connectivity index (χ1v) is 9.97. The Balaban J connectivity index is 1.84. The predicted molar refractivity (Wildman–Crippen MR) is 106 cm³/mol. The minimum atomic E-state index is -0.219. The summed E-state index contributed by atoms with van der Waals surface area (Å²) in [7, 11) is 3.29. The normalized spacial score (nSPS) is 20.6. The molecule has 0 radical (unpaired) electrons. The quantitative estimate of drug-likeness (QED) is 0.612. The zero-order valence-corrected chi connectivity index (χ0v) is 17.9. The lowest BCUT2D eigenvalue weighted by atomic mass is 9.75. The SMILES string of the molecule is COc1c(Br)c(Br)c(OC)c2c1C[C@H]1Oc3ccc(C)cc3C(=O)[C@@H]1C2. The molecule has 0 N–H and O–H groups in total. The second-order valence-corrected chi connectivity index (χ2v) is 8.27. The van der Waals surface area contributed by atoms with Gasteiger partial charge in [0.1, 0.15) is 23.4 Å². The van der Waals surface area contributed by atoms with Crippen LogP contribution in [0.3, 0.4) is 0 Å². The van der Waals surface area contributed by atoms with Gasteiger partial charge in [0.2, 0.25) is 0 Å². The fourth-order valence-electron chi connectivity index (χ4n) is 3.98. The van der Waals surface area contributed by atoms with Crippen molar-refractivity contribution in [3.63, 3.8) is 0 Å². The van der Waals surface area contributed by atoms with Gasteiger partial charge in [0, 0.05) is 17.5 Å². The Morgan fingerprint density at radius 1 is 1.04 bits per heavy atom. The highest BCUT2D eigenvalue weighted by atomic mass is 79.9. The summed E-state index contributed by atoms with van der Waals surface area (Å²) in [4.78, 5) is 13.1. The van der Waals surface area contributed by atoms with Crippen molar-refractivity contribution < 1.29 is 19.0 Å². The van der Waals surface area contributed by atoms with Crippen molar-refractivity contribution >= 4 is 37.6 Å². The molecule has 26 heavy (non-hydrogen) atoms. The van der Waals surface area contributed by atoms with Crippen LogP contribution in [0.25, 0.3) is 0 Å². The summed E-state index contributed by atoms with van der Waals surface area (Å²) in [5.74, 6) is 2.10. The number of halogens is 2. The van der Waals surface area contributed by atoms with Crippen molar-refractivity contribution in [1.82, 2.24) is 0 Å². The molecule has 0 unspecified atom stereocenters. The summed E-state index contributed by atoms with van der Waals surface area (Å²) >= 11 is 7.17. The van der Waals surface area contributed by atoms with E-state index >= 15 is 0 Å². The number of ether oxygens (including phenoxy) is 3. The van der Waals surface area contributed by atoms with E-state index in [1.165, 1.54) is 0 Å². The van der Waals surface area contributed by atoms with Gasteiger partial charge in [0.25, 0.3) is 0 Å². The minimum Gasteiger partial charge on any atom is -0.495 e.